The smallest absolute Gasteiger partial charge is 0.263 e. The average molecular weight is 433 g/mol. The molecule has 0 saturated carbocycles. The summed E-state index contributed by atoms with van der Waals surface area (Å²) in [7, 11) is 0. The summed E-state index contributed by atoms with van der Waals surface area (Å²) in [5, 5.41) is 6.32. The number of para-hydroxylation sites is 2. The SMILES string of the molecule is CCN1C2=C(C(=O)Nc3ccc(OC[C@H]4CCCN4)cc3)C(=O)CCN2c2ccccc21. The van der Waals surface area contributed by atoms with Gasteiger partial charge in [-0.05, 0) is 62.7 Å². The first-order chi connectivity index (χ1) is 15.7. The van der Waals surface area contributed by atoms with Gasteiger partial charge in [-0.15, -0.1) is 0 Å². The molecule has 32 heavy (non-hydrogen) atoms. The minimum absolute atomic E-state index is 0.121. The first kappa shape index (κ1) is 20.6. The standard InChI is InChI=1S/C25H28N4O3/c1-2-28-20-7-3-4-8-21(20)29-15-13-22(30)23(25(28)29)24(31)27-17-9-11-19(12-10-17)32-16-18-6-5-14-26-18/h3-4,7-12,18,26H,2,5-6,13-16H2,1H3,(H,27,31)/t18-/m1/s1. The van der Waals surface area contributed by atoms with Crippen LogP contribution in [0.15, 0.2) is 59.9 Å². The molecule has 3 aliphatic rings. The lowest BCUT2D eigenvalue weighted by molar-refractivity contribution is -0.120. The molecule has 0 aliphatic carbocycles. The molecular weight excluding hydrogens is 404 g/mol. The van der Waals surface area contributed by atoms with E-state index in [0.717, 1.165) is 30.1 Å². The van der Waals surface area contributed by atoms with Crippen LogP contribution >= 0.6 is 0 Å². The molecule has 7 nitrogen and oxygen atoms in total. The van der Waals surface area contributed by atoms with E-state index in [1.54, 1.807) is 0 Å². The number of hydrogen-bond donors (Lipinski definition) is 2. The first-order valence-corrected chi connectivity index (χ1v) is 11.3. The van der Waals surface area contributed by atoms with Gasteiger partial charge in [-0.1, -0.05) is 12.1 Å². The number of nitrogens with zero attached hydrogens (tertiary/aromatic N) is 2. The van der Waals surface area contributed by atoms with Crippen LogP contribution in [-0.2, 0) is 9.59 Å². The highest BCUT2D eigenvalue weighted by molar-refractivity contribution is 6.25. The Kier molecular flexibility index (Phi) is 5.57. The van der Waals surface area contributed by atoms with Crippen molar-refractivity contribution in [1.29, 1.82) is 0 Å². The van der Waals surface area contributed by atoms with Crippen LogP contribution in [-0.4, -0.2) is 44.0 Å². The number of benzene rings is 2. The number of ether oxygens (including phenoxy) is 1. The third kappa shape index (κ3) is 3.73. The number of fused-ring (bicyclic) bond motifs is 3. The molecule has 0 bridgehead atoms. The number of amides is 1. The number of ketones is 1. The van der Waals surface area contributed by atoms with Gasteiger partial charge in [0.1, 0.15) is 23.8 Å². The highest BCUT2D eigenvalue weighted by Crippen LogP contribution is 2.44. The third-order valence-corrected chi connectivity index (χ3v) is 6.31. The van der Waals surface area contributed by atoms with Crippen molar-refractivity contribution < 1.29 is 14.3 Å². The van der Waals surface area contributed by atoms with Gasteiger partial charge in [0.25, 0.3) is 5.91 Å². The molecule has 7 heteroatoms. The fourth-order valence-corrected chi connectivity index (χ4v) is 4.73. The minimum atomic E-state index is -0.371. The molecule has 1 atom stereocenters. The van der Waals surface area contributed by atoms with Crippen LogP contribution in [0.4, 0.5) is 17.1 Å². The predicted octanol–water partition coefficient (Wildman–Crippen LogP) is 3.29. The monoisotopic (exact) mass is 432 g/mol. The van der Waals surface area contributed by atoms with E-state index in [1.807, 2.05) is 55.5 Å². The molecule has 1 saturated heterocycles. The molecule has 1 amide bonds. The van der Waals surface area contributed by atoms with Gasteiger partial charge >= 0.3 is 0 Å². The van der Waals surface area contributed by atoms with Crippen LogP contribution in [0.25, 0.3) is 0 Å². The highest BCUT2D eigenvalue weighted by atomic mass is 16.5. The molecular formula is C25H28N4O3. The Hall–Kier alpha value is -3.32. The second-order valence-electron chi connectivity index (χ2n) is 8.34. The Labute approximate surface area is 188 Å². The van der Waals surface area contributed by atoms with Crippen LogP contribution in [0.5, 0.6) is 5.75 Å². The van der Waals surface area contributed by atoms with Gasteiger partial charge in [0.05, 0.1) is 11.4 Å². The zero-order valence-corrected chi connectivity index (χ0v) is 18.3. The van der Waals surface area contributed by atoms with Gasteiger partial charge in [-0.2, -0.15) is 0 Å². The normalized spacial score (nSPS) is 19.8. The molecule has 5 rings (SSSR count). The first-order valence-electron chi connectivity index (χ1n) is 11.3. The summed E-state index contributed by atoms with van der Waals surface area (Å²) in [4.78, 5) is 30.2. The van der Waals surface area contributed by atoms with Crippen molar-refractivity contribution in [2.45, 2.75) is 32.2 Å². The molecule has 0 spiro atoms. The maximum Gasteiger partial charge on any atom is 0.263 e. The molecule has 2 N–H and O–H groups in total. The van der Waals surface area contributed by atoms with Crippen molar-refractivity contribution in [2.75, 3.05) is 41.4 Å². The summed E-state index contributed by atoms with van der Waals surface area (Å²) in [6.07, 6.45) is 2.64. The minimum Gasteiger partial charge on any atom is -0.492 e. The molecule has 0 radical (unpaired) electrons. The number of rotatable bonds is 6. The molecule has 2 aromatic carbocycles. The summed E-state index contributed by atoms with van der Waals surface area (Å²) >= 11 is 0. The molecule has 3 heterocycles. The fourth-order valence-electron chi connectivity index (χ4n) is 4.73. The van der Waals surface area contributed by atoms with E-state index in [4.69, 9.17) is 4.74 Å². The Morgan fingerprint density at radius 1 is 1.16 bits per heavy atom. The Morgan fingerprint density at radius 2 is 1.94 bits per heavy atom. The van der Waals surface area contributed by atoms with Crippen molar-refractivity contribution >= 4 is 28.8 Å². The Morgan fingerprint density at radius 3 is 2.66 bits per heavy atom. The maximum atomic E-state index is 13.2. The number of Topliss-reactive ketones (excluding diaryl/α,β-unsaturated/α-hetero) is 1. The van der Waals surface area contributed by atoms with Crippen molar-refractivity contribution in [3.8, 4) is 5.75 Å². The second-order valence-corrected chi connectivity index (χ2v) is 8.34. The lowest BCUT2D eigenvalue weighted by Crippen LogP contribution is -2.40. The molecule has 3 aliphatic heterocycles. The van der Waals surface area contributed by atoms with Gasteiger partial charge in [0.15, 0.2) is 5.78 Å². The van der Waals surface area contributed by atoms with Crippen molar-refractivity contribution in [1.82, 2.24) is 5.32 Å². The average Bonchev–Trinajstić information content (AvgIpc) is 3.44. The lowest BCUT2D eigenvalue weighted by atomic mass is 10.0. The highest BCUT2D eigenvalue weighted by Gasteiger charge is 2.40. The van der Waals surface area contributed by atoms with Crippen LogP contribution in [0.1, 0.15) is 26.2 Å². The lowest BCUT2D eigenvalue weighted by Gasteiger charge is -2.30. The van der Waals surface area contributed by atoms with Gasteiger partial charge in [-0.3, -0.25) is 9.59 Å². The molecule has 0 unspecified atom stereocenters. The van der Waals surface area contributed by atoms with Crippen molar-refractivity contribution in [3.63, 3.8) is 0 Å². The number of nitrogens with one attached hydrogen (secondary N) is 2. The summed E-state index contributed by atoms with van der Waals surface area (Å²) in [6.45, 7) is 4.98. The topological polar surface area (TPSA) is 73.9 Å². The number of carbonyl (C=O) groups excluding carboxylic acids is 2. The van der Waals surface area contributed by atoms with E-state index in [9.17, 15) is 9.59 Å². The Bertz CT molecular complexity index is 1040. The Balaban J connectivity index is 1.34. The van der Waals surface area contributed by atoms with E-state index < -0.39 is 0 Å². The van der Waals surface area contributed by atoms with Crippen molar-refractivity contribution in [3.05, 3.63) is 59.9 Å². The molecule has 0 aromatic heterocycles. The summed E-state index contributed by atoms with van der Waals surface area (Å²) in [6, 6.07) is 15.8. The van der Waals surface area contributed by atoms with Crippen molar-refractivity contribution in [2.24, 2.45) is 0 Å². The van der Waals surface area contributed by atoms with Gasteiger partial charge in [-0.25, -0.2) is 0 Å². The van der Waals surface area contributed by atoms with Crippen LogP contribution < -0.4 is 25.2 Å². The molecule has 166 valence electrons. The third-order valence-electron chi connectivity index (χ3n) is 6.31. The van der Waals surface area contributed by atoms with E-state index in [2.05, 4.69) is 20.4 Å². The van der Waals surface area contributed by atoms with Crippen LogP contribution in [0, 0.1) is 0 Å². The number of hydrogen-bond acceptors (Lipinski definition) is 6. The quantitative estimate of drug-likeness (QED) is 0.683. The van der Waals surface area contributed by atoms with Gasteiger partial charge in [0.2, 0.25) is 0 Å². The fraction of sp³-hybridized carbons (Fsp3) is 0.360. The van der Waals surface area contributed by atoms with E-state index in [0.29, 0.717) is 43.7 Å². The number of anilines is 3. The summed E-state index contributed by atoms with van der Waals surface area (Å²) in [5.41, 5.74) is 2.93. The van der Waals surface area contributed by atoms with E-state index in [-0.39, 0.29) is 17.3 Å². The van der Waals surface area contributed by atoms with Gasteiger partial charge in [0, 0.05) is 31.2 Å². The van der Waals surface area contributed by atoms with E-state index >= 15 is 0 Å². The maximum absolute atomic E-state index is 13.2. The van der Waals surface area contributed by atoms with Gasteiger partial charge < -0.3 is 25.2 Å². The summed E-state index contributed by atoms with van der Waals surface area (Å²) in [5.74, 6) is 0.960. The predicted molar refractivity (Wildman–Crippen MR) is 125 cm³/mol. The van der Waals surface area contributed by atoms with Crippen LogP contribution in [0.2, 0.25) is 0 Å². The largest absolute Gasteiger partial charge is 0.492 e. The number of carbonyl (C=O) groups is 2. The van der Waals surface area contributed by atoms with E-state index in [1.165, 1.54) is 6.42 Å². The zero-order valence-electron chi connectivity index (χ0n) is 18.3. The zero-order chi connectivity index (χ0) is 22.1. The summed E-state index contributed by atoms with van der Waals surface area (Å²) < 4.78 is 5.85. The van der Waals surface area contributed by atoms with Crippen LogP contribution in [0.3, 0.4) is 0 Å². The second kappa shape index (κ2) is 8.67. The molecule has 2 aromatic rings. The molecule has 1 fully saturated rings.